The molecule has 0 saturated heterocycles. The van der Waals surface area contributed by atoms with Crippen molar-refractivity contribution in [3.63, 3.8) is 0 Å². The number of aryl methyl sites for hydroxylation is 1. The summed E-state index contributed by atoms with van der Waals surface area (Å²) in [4.78, 5) is 29.9. The molecule has 0 aromatic heterocycles. The van der Waals surface area contributed by atoms with Gasteiger partial charge in [0.15, 0.2) is 0 Å². The van der Waals surface area contributed by atoms with Gasteiger partial charge in [0.25, 0.3) is 10.0 Å². The Morgan fingerprint density at radius 2 is 1.39 bits per heavy atom. The van der Waals surface area contributed by atoms with Gasteiger partial charge in [-0.1, -0.05) is 92.2 Å². The Morgan fingerprint density at radius 3 is 1.98 bits per heavy atom. The van der Waals surface area contributed by atoms with Crippen LogP contribution < -0.4 is 9.62 Å². The van der Waals surface area contributed by atoms with Crippen LogP contribution in [-0.4, -0.2) is 44.3 Å². The van der Waals surface area contributed by atoms with Gasteiger partial charge in [0, 0.05) is 23.1 Å². The molecule has 7 nitrogen and oxygen atoms in total. The predicted octanol–water partition coefficient (Wildman–Crippen LogP) is 6.21. The molecule has 0 radical (unpaired) electrons. The molecule has 0 spiro atoms. The number of anilines is 1. The van der Waals surface area contributed by atoms with E-state index in [9.17, 15) is 18.0 Å². The van der Waals surface area contributed by atoms with Crippen LogP contribution >= 0.6 is 22.6 Å². The second-order valence-corrected chi connectivity index (χ2v) is 14.3. The first-order valence-electron chi connectivity index (χ1n) is 14.5. The van der Waals surface area contributed by atoms with Crippen LogP contribution in [-0.2, 0) is 32.6 Å². The Kier molecular flexibility index (Phi) is 11.6. The number of hydrogen-bond acceptors (Lipinski definition) is 4. The molecular formula is C35H38IN3O4S. The highest BCUT2D eigenvalue weighted by atomic mass is 127. The van der Waals surface area contributed by atoms with Crippen molar-refractivity contribution in [2.24, 2.45) is 5.92 Å². The van der Waals surface area contributed by atoms with Crippen LogP contribution in [0, 0.1) is 16.4 Å². The predicted molar refractivity (Wildman–Crippen MR) is 184 cm³/mol. The van der Waals surface area contributed by atoms with Gasteiger partial charge in [-0.3, -0.25) is 13.9 Å². The smallest absolute Gasteiger partial charge is 0.264 e. The SMILES string of the molecule is Cc1ccc(CN(C(=O)CN(c2ccc(I)cc2)S(=O)(=O)c2ccccc2)[C@H](Cc2ccccc2)C(=O)NCC(C)C)cc1. The van der Waals surface area contributed by atoms with Crippen molar-refractivity contribution in [1.82, 2.24) is 10.2 Å². The van der Waals surface area contributed by atoms with Crippen molar-refractivity contribution in [3.8, 4) is 0 Å². The minimum atomic E-state index is -4.12. The maximum absolute atomic E-state index is 14.5. The monoisotopic (exact) mass is 723 g/mol. The van der Waals surface area contributed by atoms with Crippen LogP contribution in [0.3, 0.4) is 0 Å². The summed E-state index contributed by atoms with van der Waals surface area (Å²) < 4.78 is 30.1. The van der Waals surface area contributed by atoms with E-state index in [4.69, 9.17) is 0 Å². The van der Waals surface area contributed by atoms with E-state index in [-0.39, 0.29) is 29.7 Å². The average molecular weight is 724 g/mol. The molecule has 0 heterocycles. The second-order valence-electron chi connectivity index (χ2n) is 11.2. The van der Waals surface area contributed by atoms with Crippen molar-refractivity contribution < 1.29 is 18.0 Å². The van der Waals surface area contributed by atoms with Gasteiger partial charge in [-0.25, -0.2) is 8.42 Å². The summed E-state index contributed by atoms with van der Waals surface area (Å²) in [6, 6.07) is 31.5. The molecule has 1 atom stereocenters. The second kappa shape index (κ2) is 15.3. The van der Waals surface area contributed by atoms with Gasteiger partial charge in [0.1, 0.15) is 12.6 Å². The normalized spacial score (nSPS) is 12.0. The largest absolute Gasteiger partial charge is 0.354 e. The zero-order chi connectivity index (χ0) is 31.7. The first-order chi connectivity index (χ1) is 21.0. The summed E-state index contributed by atoms with van der Waals surface area (Å²) in [5, 5.41) is 3.01. The number of nitrogens with zero attached hydrogens (tertiary/aromatic N) is 2. The Morgan fingerprint density at radius 1 is 0.795 bits per heavy atom. The van der Waals surface area contributed by atoms with Crippen molar-refractivity contribution in [1.29, 1.82) is 0 Å². The van der Waals surface area contributed by atoms with Gasteiger partial charge in [-0.05, 0) is 83.0 Å². The van der Waals surface area contributed by atoms with Crippen molar-refractivity contribution in [3.05, 3.63) is 129 Å². The van der Waals surface area contributed by atoms with Gasteiger partial charge in [0.2, 0.25) is 11.8 Å². The Hall–Kier alpha value is -3.70. The Labute approximate surface area is 274 Å². The number of rotatable bonds is 13. The van der Waals surface area contributed by atoms with E-state index in [2.05, 4.69) is 27.9 Å². The highest BCUT2D eigenvalue weighted by Crippen LogP contribution is 2.26. The Balaban J connectivity index is 1.78. The summed E-state index contributed by atoms with van der Waals surface area (Å²) in [5.41, 5.74) is 3.17. The number of amides is 2. The van der Waals surface area contributed by atoms with Crippen molar-refractivity contribution in [2.75, 3.05) is 17.4 Å². The molecule has 1 N–H and O–H groups in total. The topological polar surface area (TPSA) is 86.8 Å². The molecule has 0 aliphatic rings. The Bertz CT molecular complexity index is 1630. The quantitative estimate of drug-likeness (QED) is 0.167. The van der Waals surface area contributed by atoms with E-state index in [1.54, 1.807) is 42.5 Å². The molecule has 9 heteroatoms. The highest BCUT2D eigenvalue weighted by Gasteiger charge is 2.34. The van der Waals surface area contributed by atoms with Gasteiger partial charge < -0.3 is 10.2 Å². The van der Waals surface area contributed by atoms with Crippen LogP contribution in [0.15, 0.2) is 114 Å². The standard InChI is InChI=1S/C35H38IN3O4S/c1-26(2)23-37-35(41)33(22-28-10-6-4-7-11-28)38(24-29-16-14-27(3)15-17-29)34(40)25-39(31-20-18-30(36)19-21-31)44(42,43)32-12-8-5-9-13-32/h4-21,26,33H,22-25H2,1-3H3,(H,37,41)/t33-/m1/s1. The molecule has 0 bridgehead atoms. The summed E-state index contributed by atoms with van der Waals surface area (Å²) in [7, 11) is -4.12. The number of hydrogen-bond donors (Lipinski definition) is 1. The first-order valence-corrected chi connectivity index (χ1v) is 17.1. The summed E-state index contributed by atoms with van der Waals surface area (Å²) in [6.45, 7) is 6.11. The van der Waals surface area contributed by atoms with Gasteiger partial charge in [0.05, 0.1) is 10.6 Å². The lowest BCUT2D eigenvalue weighted by molar-refractivity contribution is -0.140. The van der Waals surface area contributed by atoms with Crippen molar-refractivity contribution in [2.45, 2.75) is 44.7 Å². The fourth-order valence-electron chi connectivity index (χ4n) is 4.72. The number of halogens is 1. The lowest BCUT2D eigenvalue weighted by atomic mass is 10.0. The van der Waals surface area contributed by atoms with Gasteiger partial charge in [-0.2, -0.15) is 0 Å². The zero-order valence-electron chi connectivity index (χ0n) is 25.2. The third-order valence-corrected chi connectivity index (χ3v) is 9.66. The van der Waals surface area contributed by atoms with E-state index in [0.29, 0.717) is 12.2 Å². The van der Waals surface area contributed by atoms with Crippen LogP contribution in [0.5, 0.6) is 0 Å². The molecule has 44 heavy (non-hydrogen) atoms. The fraction of sp³-hybridized carbons (Fsp3) is 0.257. The summed E-state index contributed by atoms with van der Waals surface area (Å²) in [5.74, 6) is -0.552. The van der Waals surface area contributed by atoms with E-state index in [1.165, 1.54) is 17.0 Å². The van der Waals surface area contributed by atoms with E-state index >= 15 is 0 Å². The van der Waals surface area contributed by atoms with Crippen LogP contribution in [0.2, 0.25) is 0 Å². The minimum Gasteiger partial charge on any atom is -0.354 e. The van der Waals surface area contributed by atoms with Gasteiger partial charge >= 0.3 is 0 Å². The lowest BCUT2D eigenvalue weighted by Gasteiger charge is -2.34. The molecule has 0 aliphatic heterocycles. The molecule has 0 unspecified atom stereocenters. The average Bonchev–Trinajstić information content (AvgIpc) is 3.02. The molecule has 230 valence electrons. The van der Waals surface area contributed by atoms with Crippen molar-refractivity contribution >= 4 is 50.1 Å². The molecule has 4 aromatic carbocycles. The molecular weight excluding hydrogens is 685 g/mol. The van der Waals surface area contributed by atoms with Gasteiger partial charge in [-0.15, -0.1) is 0 Å². The minimum absolute atomic E-state index is 0.0759. The third-order valence-electron chi connectivity index (χ3n) is 7.15. The fourth-order valence-corrected chi connectivity index (χ4v) is 6.52. The van der Waals surface area contributed by atoms with E-state index < -0.39 is 28.5 Å². The zero-order valence-corrected chi connectivity index (χ0v) is 28.2. The molecule has 4 aromatic rings. The van der Waals surface area contributed by atoms with E-state index in [0.717, 1.165) is 24.6 Å². The first kappa shape index (κ1) is 33.2. The number of benzene rings is 4. The summed E-state index contributed by atoms with van der Waals surface area (Å²) >= 11 is 2.15. The van der Waals surface area contributed by atoms with E-state index in [1.807, 2.05) is 75.4 Å². The maximum atomic E-state index is 14.5. The lowest BCUT2D eigenvalue weighted by Crippen LogP contribution is -2.53. The van der Waals surface area contributed by atoms with Crippen LogP contribution in [0.4, 0.5) is 5.69 Å². The molecule has 4 rings (SSSR count). The number of sulfonamides is 1. The number of carbonyl (C=O) groups excluding carboxylic acids is 2. The van der Waals surface area contributed by atoms with Crippen LogP contribution in [0.25, 0.3) is 0 Å². The number of carbonyl (C=O) groups is 2. The van der Waals surface area contributed by atoms with Crippen LogP contribution in [0.1, 0.15) is 30.5 Å². The summed E-state index contributed by atoms with van der Waals surface area (Å²) in [6.07, 6.45) is 0.275. The molecule has 0 saturated carbocycles. The molecule has 2 amide bonds. The highest BCUT2D eigenvalue weighted by molar-refractivity contribution is 14.1. The maximum Gasteiger partial charge on any atom is 0.264 e. The number of nitrogens with one attached hydrogen (secondary N) is 1. The third kappa shape index (κ3) is 8.92. The molecule has 0 aliphatic carbocycles. The molecule has 0 fully saturated rings.